The largest absolute Gasteiger partial charge is 0.311 e. The van der Waals surface area contributed by atoms with E-state index in [9.17, 15) is 4.39 Å². The number of nitrogens with zero attached hydrogens (tertiary/aromatic N) is 1. The highest BCUT2D eigenvalue weighted by Crippen LogP contribution is 2.24. The van der Waals surface area contributed by atoms with Crippen LogP contribution in [0.2, 0.25) is 5.02 Å². The van der Waals surface area contributed by atoms with Crippen molar-refractivity contribution in [3.63, 3.8) is 0 Å². The van der Waals surface area contributed by atoms with Gasteiger partial charge >= 0.3 is 0 Å². The molecule has 1 aromatic carbocycles. The first-order valence-corrected chi connectivity index (χ1v) is 6.39. The summed E-state index contributed by atoms with van der Waals surface area (Å²) in [6, 6.07) is 5.65. The van der Waals surface area contributed by atoms with Gasteiger partial charge < -0.3 is 10.2 Å². The van der Waals surface area contributed by atoms with Crippen LogP contribution in [-0.2, 0) is 6.54 Å². The predicted molar refractivity (Wildman–Crippen MR) is 68.8 cm³/mol. The first-order valence-electron chi connectivity index (χ1n) is 6.01. The lowest BCUT2D eigenvalue weighted by atomic mass is 10.2. The van der Waals surface area contributed by atoms with Gasteiger partial charge in [0.15, 0.2) is 0 Å². The van der Waals surface area contributed by atoms with Gasteiger partial charge in [0.1, 0.15) is 5.82 Å². The van der Waals surface area contributed by atoms with Gasteiger partial charge in [-0.15, -0.1) is 0 Å². The van der Waals surface area contributed by atoms with Crippen LogP contribution in [0.5, 0.6) is 0 Å². The van der Waals surface area contributed by atoms with Crippen LogP contribution in [0.1, 0.15) is 18.4 Å². The average Bonchev–Trinajstić information content (AvgIpc) is 3.13. The van der Waals surface area contributed by atoms with E-state index in [0.717, 1.165) is 31.2 Å². The lowest BCUT2D eigenvalue weighted by Crippen LogP contribution is -2.30. The van der Waals surface area contributed by atoms with Crippen LogP contribution in [0.3, 0.4) is 0 Å². The molecule has 0 saturated heterocycles. The fraction of sp³-hybridized carbons (Fsp3) is 0.538. The summed E-state index contributed by atoms with van der Waals surface area (Å²) in [5.41, 5.74) is 1.02. The Bertz CT molecular complexity index is 380. The summed E-state index contributed by atoms with van der Waals surface area (Å²) < 4.78 is 12.9. The maximum Gasteiger partial charge on any atom is 0.141 e. The van der Waals surface area contributed by atoms with Crippen molar-refractivity contribution in [3.8, 4) is 0 Å². The van der Waals surface area contributed by atoms with Crippen molar-refractivity contribution in [2.75, 3.05) is 20.1 Å². The monoisotopic (exact) mass is 256 g/mol. The first kappa shape index (κ1) is 12.8. The third-order valence-electron chi connectivity index (χ3n) is 3.12. The number of halogens is 2. The summed E-state index contributed by atoms with van der Waals surface area (Å²) >= 11 is 5.72. The number of hydrogen-bond acceptors (Lipinski definition) is 2. The molecule has 2 nitrogen and oxygen atoms in total. The van der Waals surface area contributed by atoms with E-state index in [-0.39, 0.29) is 10.8 Å². The minimum absolute atomic E-state index is 0.194. The van der Waals surface area contributed by atoms with Crippen molar-refractivity contribution in [1.82, 2.24) is 10.2 Å². The number of rotatable bonds is 6. The molecule has 0 spiro atoms. The fourth-order valence-corrected chi connectivity index (χ4v) is 2.04. The predicted octanol–water partition coefficient (Wildman–Crippen LogP) is 2.66. The lowest BCUT2D eigenvalue weighted by Gasteiger charge is -2.15. The molecule has 0 unspecified atom stereocenters. The van der Waals surface area contributed by atoms with E-state index < -0.39 is 0 Å². The molecule has 1 saturated carbocycles. The van der Waals surface area contributed by atoms with Crippen molar-refractivity contribution in [2.45, 2.75) is 25.4 Å². The van der Waals surface area contributed by atoms with E-state index in [0.29, 0.717) is 0 Å². The molecule has 1 N–H and O–H groups in total. The van der Waals surface area contributed by atoms with Crippen LogP contribution < -0.4 is 5.32 Å². The third kappa shape index (κ3) is 3.95. The van der Waals surface area contributed by atoms with E-state index in [1.807, 2.05) is 0 Å². The molecule has 1 aliphatic rings. The zero-order valence-electron chi connectivity index (χ0n) is 10.0. The molecule has 0 aliphatic heterocycles. The Morgan fingerprint density at radius 3 is 2.88 bits per heavy atom. The molecule has 0 atom stereocenters. The lowest BCUT2D eigenvalue weighted by molar-refractivity contribution is 0.321. The maximum absolute atomic E-state index is 12.9. The van der Waals surface area contributed by atoms with E-state index >= 15 is 0 Å². The maximum atomic E-state index is 12.9. The Morgan fingerprint density at radius 1 is 1.47 bits per heavy atom. The minimum Gasteiger partial charge on any atom is -0.311 e. The van der Waals surface area contributed by atoms with Crippen LogP contribution in [0.25, 0.3) is 0 Å². The molecule has 0 heterocycles. The third-order valence-corrected chi connectivity index (χ3v) is 3.41. The molecule has 4 heteroatoms. The van der Waals surface area contributed by atoms with Gasteiger partial charge in [0.05, 0.1) is 5.02 Å². The highest BCUT2D eigenvalue weighted by molar-refractivity contribution is 6.30. The Kier molecular flexibility index (Phi) is 4.37. The van der Waals surface area contributed by atoms with E-state index in [1.165, 1.54) is 18.9 Å². The summed E-state index contributed by atoms with van der Waals surface area (Å²) in [5.74, 6) is -0.358. The van der Waals surface area contributed by atoms with E-state index in [2.05, 4.69) is 17.3 Å². The van der Waals surface area contributed by atoms with Gasteiger partial charge in [0, 0.05) is 25.7 Å². The molecular weight excluding hydrogens is 239 g/mol. The Balaban J connectivity index is 1.68. The normalized spacial score (nSPS) is 15.5. The second-order valence-corrected chi connectivity index (χ2v) is 5.04. The van der Waals surface area contributed by atoms with Crippen molar-refractivity contribution in [1.29, 1.82) is 0 Å². The molecule has 1 fully saturated rings. The first-order chi connectivity index (χ1) is 8.16. The number of nitrogens with one attached hydrogen (secondary N) is 1. The van der Waals surface area contributed by atoms with Gasteiger partial charge in [-0.05, 0) is 37.6 Å². The van der Waals surface area contributed by atoms with Crippen molar-refractivity contribution >= 4 is 11.6 Å². The van der Waals surface area contributed by atoms with Gasteiger partial charge in [-0.25, -0.2) is 4.39 Å². The zero-order valence-corrected chi connectivity index (χ0v) is 10.8. The van der Waals surface area contributed by atoms with Gasteiger partial charge in [0.2, 0.25) is 0 Å². The summed E-state index contributed by atoms with van der Waals surface area (Å²) in [6.45, 7) is 2.74. The molecule has 2 rings (SSSR count). The SMILES string of the molecule is CN(CCNCc1ccc(F)c(Cl)c1)C1CC1. The van der Waals surface area contributed by atoms with Crippen molar-refractivity contribution < 1.29 is 4.39 Å². The van der Waals surface area contributed by atoms with Gasteiger partial charge in [0.25, 0.3) is 0 Å². The van der Waals surface area contributed by atoms with Crippen LogP contribution >= 0.6 is 11.6 Å². The summed E-state index contributed by atoms with van der Waals surface area (Å²) in [4.78, 5) is 2.38. The Morgan fingerprint density at radius 2 is 2.24 bits per heavy atom. The minimum atomic E-state index is -0.358. The smallest absolute Gasteiger partial charge is 0.141 e. The molecule has 0 amide bonds. The summed E-state index contributed by atoms with van der Waals surface area (Å²) in [6.07, 6.45) is 2.67. The highest BCUT2D eigenvalue weighted by Gasteiger charge is 2.25. The highest BCUT2D eigenvalue weighted by atomic mass is 35.5. The number of hydrogen-bond donors (Lipinski definition) is 1. The summed E-state index contributed by atoms with van der Waals surface area (Å²) in [7, 11) is 2.16. The van der Waals surface area contributed by atoms with E-state index in [1.54, 1.807) is 12.1 Å². The quantitative estimate of drug-likeness (QED) is 0.788. The molecule has 1 aliphatic carbocycles. The molecule has 94 valence electrons. The Hall–Kier alpha value is -0.640. The van der Waals surface area contributed by atoms with Crippen LogP contribution in [0, 0.1) is 5.82 Å². The molecule has 0 bridgehead atoms. The van der Waals surface area contributed by atoms with Gasteiger partial charge in [-0.3, -0.25) is 0 Å². The average molecular weight is 257 g/mol. The summed E-state index contributed by atoms with van der Waals surface area (Å²) in [5, 5.41) is 3.53. The van der Waals surface area contributed by atoms with Gasteiger partial charge in [-0.1, -0.05) is 17.7 Å². The molecule has 17 heavy (non-hydrogen) atoms. The molecule has 0 radical (unpaired) electrons. The molecule has 0 aromatic heterocycles. The topological polar surface area (TPSA) is 15.3 Å². The number of likely N-dealkylation sites (N-methyl/N-ethyl adjacent to an activating group) is 1. The van der Waals surface area contributed by atoms with E-state index in [4.69, 9.17) is 11.6 Å². The Labute approximate surface area is 107 Å². The van der Waals surface area contributed by atoms with Crippen LogP contribution in [0.4, 0.5) is 4.39 Å². The number of benzene rings is 1. The second-order valence-electron chi connectivity index (χ2n) is 4.64. The van der Waals surface area contributed by atoms with Crippen LogP contribution in [0.15, 0.2) is 18.2 Å². The van der Waals surface area contributed by atoms with Gasteiger partial charge in [-0.2, -0.15) is 0 Å². The molecule has 1 aromatic rings. The zero-order chi connectivity index (χ0) is 12.3. The molecular formula is C13H18ClFN2. The fourth-order valence-electron chi connectivity index (χ4n) is 1.84. The van der Waals surface area contributed by atoms with Crippen LogP contribution in [-0.4, -0.2) is 31.1 Å². The van der Waals surface area contributed by atoms with Crippen molar-refractivity contribution in [2.24, 2.45) is 0 Å². The van der Waals surface area contributed by atoms with Crippen molar-refractivity contribution in [3.05, 3.63) is 34.6 Å². The standard InChI is InChI=1S/C13H18ClFN2/c1-17(11-3-4-11)7-6-16-9-10-2-5-13(15)12(14)8-10/h2,5,8,11,16H,3-4,6-7,9H2,1H3. The second kappa shape index (κ2) is 5.80.